The van der Waals surface area contributed by atoms with Gasteiger partial charge in [0.05, 0.1) is 7.11 Å². The molecule has 1 aromatic heterocycles. The minimum absolute atomic E-state index is 0.583. The number of hydrogen-bond acceptors (Lipinski definition) is 3. The fraction of sp³-hybridized carbons (Fsp3) is 0.333. The Labute approximate surface area is 107 Å². The summed E-state index contributed by atoms with van der Waals surface area (Å²) in [7, 11) is 1.63. The van der Waals surface area contributed by atoms with Gasteiger partial charge in [0.1, 0.15) is 23.4 Å². The third kappa shape index (κ3) is 2.41. The van der Waals surface area contributed by atoms with Crippen LogP contribution >= 0.6 is 0 Å². The Hall–Kier alpha value is -1.74. The van der Waals surface area contributed by atoms with Crippen LogP contribution in [0, 0.1) is 6.92 Å². The molecule has 1 unspecified atom stereocenters. The summed E-state index contributed by atoms with van der Waals surface area (Å²) in [5.74, 6) is 2.26. The smallest absolute Gasteiger partial charge is 0.137 e. The maximum atomic E-state index is 10.3. The largest absolute Gasteiger partial charge is 0.497 e. The van der Waals surface area contributed by atoms with Gasteiger partial charge in [-0.15, -0.1) is 0 Å². The standard InChI is InChI=1S/C15H18O3/c1-4-11-6-8-14(18-11)15(16)13-7-5-12(17-3)9-10(13)2/h5-9,15-16H,4H2,1-3H3. The van der Waals surface area contributed by atoms with Crippen molar-refractivity contribution in [2.45, 2.75) is 26.4 Å². The molecule has 0 fully saturated rings. The van der Waals surface area contributed by atoms with Gasteiger partial charge in [-0.05, 0) is 42.3 Å². The topological polar surface area (TPSA) is 42.6 Å². The van der Waals surface area contributed by atoms with Crippen LogP contribution in [0.3, 0.4) is 0 Å². The summed E-state index contributed by atoms with van der Waals surface area (Å²) in [5, 5.41) is 10.3. The normalized spacial score (nSPS) is 12.4. The molecule has 0 saturated carbocycles. The molecule has 0 radical (unpaired) electrons. The van der Waals surface area contributed by atoms with Crippen molar-refractivity contribution in [3.8, 4) is 5.75 Å². The van der Waals surface area contributed by atoms with Crippen LogP contribution in [-0.2, 0) is 6.42 Å². The Kier molecular flexibility index (Phi) is 3.72. The first-order valence-corrected chi connectivity index (χ1v) is 6.07. The Balaban J connectivity index is 2.30. The number of aliphatic hydroxyl groups excluding tert-OH is 1. The second kappa shape index (κ2) is 5.27. The molecule has 0 aliphatic carbocycles. The van der Waals surface area contributed by atoms with E-state index in [1.54, 1.807) is 7.11 Å². The summed E-state index contributed by atoms with van der Waals surface area (Å²) >= 11 is 0. The average molecular weight is 246 g/mol. The fourth-order valence-electron chi connectivity index (χ4n) is 1.97. The Bertz CT molecular complexity index is 528. The van der Waals surface area contributed by atoms with Crippen molar-refractivity contribution >= 4 is 0 Å². The monoisotopic (exact) mass is 246 g/mol. The summed E-state index contributed by atoms with van der Waals surface area (Å²) in [6.45, 7) is 3.97. The number of rotatable bonds is 4. The van der Waals surface area contributed by atoms with Gasteiger partial charge in [-0.2, -0.15) is 0 Å². The third-order valence-corrected chi connectivity index (χ3v) is 3.07. The molecule has 2 aromatic rings. The number of aliphatic hydroxyl groups is 1. The fourth-order valence-corrected chi connectivity index (χ4v) is 1.97. The average Bonchev–Trinajstić information content (AvgIpc) is 2.86. The maximum Gasteiger partial charge on any atom is 0.137 e. The van der Waals surface area contributed by atoms with Crippen molar-refractivity contribution in [2.75, 3.05) is 7.11 Å². The molecule has 0 aliphatic rings. The van der Waals surface area contributed by atoms with Crippen LogP contribution in [0.25, 0.3) is 0 Å². The Morgan fingerprint density at radius 1 is 1.28 bits per heavy atom. The lowest BCUT2D eigenvalue weighted by molar-refractivity contribution is 0.186. The minimum atomic E-state index is -0.726. The van der Waals surface area contributed by atoms with Gasteiger partial charge >= 0.3 is 0 Å². The van der Waals surface area contributed by atoms with E-state index >= 15 is 0 Å². The molecule has 0 amide bonds. The number of methoxy groups -OCH3 is 1. The molecule has 3 nitrogen and oxygen atoms in total. The highest BCUT2D eigenvalue weighted by Crippen LogP contribution is 2.28. The molecule has 0 aliphatic heterocycles. The molecular weight excluding hydrogens is 228 g/mol. The summed E-state index contributed by atoms with van der Waals surface area (Å²) in [5.41, 5.74) is 1.82. The van der Waals surface area contributed by atoms with Gasteiger partial charge < -0.3 is 14.3 Å². The van der Waals surface area contributed by atoms with Crippen LogP contribution in [0.2, 0.25) is 0 Å². The molecule has 18 heavy (non-hydrogen) atoms. The van der Waals surface area contributed by atoms with E-state index < -0.39 is 6.10 Å². The first kappa shape index (κ1) is 12.7. The van der Waals surface area contributed by atoms with E-state index in [1.807, 2.05) is 44.2 Å². The lowest BCUT2D eigenvalue weighted by Gasteiger charge is -2.12. The van der Waals surface area contributed by atoms with Crippen LogP contribution in [0.15, 0.2) is 34.7 Å². The Morgan fingerprint density at radius 3 is 2.61 bits per heavy atom. The van der Waals surface area contributed by atoms with Gasteiger partial charge in [0.25, 0.3) is 0 Å². The summed E-state index contributed by atoms with van der Waals surface area (Å²) in [4.78, 5) is 0. The quantitative estimate of drug-likeness (QED) is 0.900. The zero-order valence-corrected chi connectivity index (χ0v) is 10.9. The number of benzene rings is 1. The predicted molar refractivity (Wildman–Crippen MR) is 69.9 cm³/mol. The van der Waals surface area contributed by atoms with Gasteiger partial charge in [-0.3, -0.25) is 0 Å². The SMILES string of the molecule is CCc1ccc(C(O)c2ccc(OC)cc2C)o1. The highest BCUT2D eigenvalue weighted by molar-refractivity contribution is 5.38. The van der Waals surface area contributed by atoms with Gasteiger partial charge in [-0.25, -0.2) is 0 Å². The predicted octanol–water partition coefficient (Wildman–Crippen LogP) is 3.24. The number of furan rings is 1. The van der Waals surface area contributed by atoms with Gasteiger partial charge in [0, 0.05) is 6.42 Å². The molecule has 2 rings (SSSR count). The molecular formula is C15H18O3. The first-order valence-electron chi connectivity index (χ1n) is 6.07. The molecule has 1 heterocycles. The molecule has 3 heteroatoms. The second-order valence-corrected chi connectivity index (χ2v) is 4.28. The van der Waals surface area contributed by atoms with Gasteiger partial charge in [0.2, 0.25) is 0 Å². The summed E-state index contributed by atoms with van der Waals surface area (Å²) < 4.78 is 10.7. The summed E-state index contributed by atoms with van der Waals surface area (Å²) in [6.07, 6.45) is 0.102. The van der Waals surface area contributed by atoms with Crippen molar-refractivity contribution < 1.29 is 14.3 Å². The van der Waals surface area contributed by atoms with Crippen LogP contribution in [0.5, 0.6) is 5.75 Å². The third-order valence-electron chi connectivity index (χ3n) is 3.07. The molecule has 96 valence electrons. The molecule has 1 aromatic carbocycles. The highest BCUT2D eigenvalue weighted by Gasteiger charge is 2.16. The molecule has 0 saturated heterocycles. The van der Waals surface area contributed by atoms with Gasteiger partial charge in [0.15, 0.2) is 0 Å². The first-order chi connectivity index (χ1) is 8.65. The van der Waals surface area contributed by atoms with Crippen molar-refractivity contribution in [1.29, 1.82) is 0 Å². The lowest BCUT2D eigenvalue weighted by atomic mass is 10.0. The van der Waals surface area contributed by atoms with E-state index in [1.165, 1.54) is 0 Å². The second-order valence-electron chi connectivity index (χ2n) is 4.28. The van der Waals surface area contributed by atoms with Crippen LogP contribution < -0.4 is 4.74 Å². The minimum Gasteiger partial charge on any atom is -0.497 e. The Morgan fingerprint density at radius 2 is 2.06 bits per heavy atom. The van der Waals surface area contributed by atoms with Crippen LogP contribution in [-0.4, -0.2) is 12.2 Å². The van der Waals surface area contributed by atoms with Crippen LogP contribution in [0.1, 0.15) is 35.7 Å². The van der Waals surface area contributed by atoms with Crippen molar-refractivity contribution in [1.82, 2.24) is 0 Å². The van der Waals surface area contributed by atoms with E-state index in [2.05, 4.69) is 0 Å². The molecule has 1 atom stereocenters. The number of ether oxygens (including phenoxy) is 1. The maximum absolute atomic E-state index is 10.3. The molecule has 1 N–H and O–H groups in total. The van der Waals surface area contributed by atoms with E-state index in [-0.39, 0.29) is 0 Å². The molecule has 0 bridgehead atoms. The van der Waals surface area contributed by atoms with E-state index in [0.717, 1.165) is 29.1 Å². The zero-order valence-electron chi connectivity index (χ0n) is 10.9. The molecule has 0 spiro atoms. The lowest BCUT2D eigenvalue weighted by Crippen LogP contribution is -2.01. The number of aryl methyl sites for hydroxylation is 2. The van der Waals surface area contributed by atoms with Crippen molar-refractivity contribution in [3.05, 3.63) is 53.0 Å². The number of hydrogen-bond donors (Lipinski definition) is 1. The zero-order chi connectivity index (χ0) is 13.1. The van der Waals surface area contributed by atoms with E-state index in [4.69, 9.17) is 9.15 Å². The van der Waals surface area contributed by atoms with Crippen molar-refractivity contribution in [3.63, 3.8) is 0 Å². The van der Waals surface area contributed by atoms with Crippen molar-refractivity contribution in [2.24, 2.45) is 0 Å². The van der Waals surface area contributed by atoms with E-state index in [0.29, 0.717) is 5.76 Å². The van der Waals surface area contributed by atoms with Gasteiger partial charge in [-0.1, -0.05) is 13.0 Å². The highest BCUT2D eigenvalue weighted by atomic mass is 16.5. The van der Waals surface area contributed by atoms with Crippen LogP contribution in [0.4, 0.5) is 0 Å². The summed E-state index contributed by atoms with van der Waals surface area (Å²) in [6, 6.07) is 9.34. The van der Waals surface area contributed by atoms with E-state index in [9.17, 15) is 5.11 Å².